The van der Waals surface area contributed by atoms with Crippen molar-refractivity contribution >= 4 is 132 Å². The number of hydrogen-bond acceptors (Lipinski definition) is 3. The molecule has 22 aromatic rings. The van der Waals surface area contributed by atoms with Crippen LogP contribution in [0.1, 0.15) is 47.2 Å². The van der Waals surface area contributed by atoms with E-state index in [9.17, 15) is 0 Å². The first kappa shape index (κ1) is 71.1. The number of para-hydroxylation sites is 7. The van der Waals surface area contributed by atoms with Crippen LogP contribution in [0.5, 0.6) is 0 Å². The lowest BCUT2D eigenvalue weighted by Gasteiger charge is -2.31. The Morgan fingerprint density at radius 2 is 0.421 bits per heavy atom. The number of hydrogen-bond donors (Lipinski definition) is 0. The van der Waals surface area contributed by atoms with E-state index in [-0.39, 0.29) is 10.8 Å². The minimum absolute atomic E-state index is 0.0226. The average Bonchev–Trinajstić information content (AvgIpc) is 1.55. The van der Waals surface area contributed by atoms with E-state index in [0.29, 0.717) is 0 Å². The fourth-order valence-corrected chi connectivity index (χ4v) is 21.1. The molecule has 19 aromatic carbocycles. The molecule has 0 atom stereocenters. The second-order valence-electron chi connectivity index (χ2n) is 33.1. The minimum Gasteiger partial charge on any atom is -0.344 e. The molecule has 6 heteroatoms. The molecule has 0 bridgehead atoms. The maximum atomic E-state index is 2.46. The minimum atomic E-state index is -0.363. The third kappa shape index (κ3) is 10.8. The standard InChI is InChI=1S/C48H32N2.C38H30N2.C29H22N2/c1-49(44-28-29-47(37-18-3-2-17-36(37)44)50-45-24-12-7-19-38(45)39-20-8-13-25-46(39)50)31-26-27-35-34-16-6-11-23-42(34)48(43(35)30-31)40-21-9-4-14-32(40)33-15-5-10-22-41(33)48;1-38(2)32-17-9-6-12-26(32)27-21-20-25(24-33(27)38)39(3)34-22-23-37(29-14-5-4-13-28(29)34)40-35-18-10-7-15-30(35)31-16-8-11-19-36(31)40;1-30(21-11-3-2-4-12-21)26-19-20-29(23-14-6-5-13-22(23)26)31-27-17-9-7-15-24(27)25-16-8-10-18-28(25)31/h2-30H,1H3;4-24H,1-3H3;2-20H,1H3. The maximum absolute atomic E-state index is 2.46. The third-order valence-electron chi connectivity index (χ3n) is 26.6. The Labute approximate surface area is 703 Å². The van der Waals surface area contributed by atoms with Crippen LogP contribution in [-0.4, -0.2) is 34.8 Å². The highest BCUT2D eigenvalue weighted by Gasteiger charge is 2.52. The molecule has 3 heterocycles. The molecule has 0 saturated carbocycles. The molecule has 3 aliphatic rings. The fourth-order valence-electron chi connectivity index (χ4n) is 21.1. The lowest BCUT2D eigenvalue weighted by atomic mass is 9.70. The molecule has 0 saturated heterocycles. The zero-order valence-electron chi connectivity index (χ0n) is 68.0. The number of fused-ring (bicyclic) bond motifs is 25. The molecular weight excluding hydrogens is 1470 g/mol. The van der Waals surface area contributed by atoms with Gasteiger partial charge in [-0.05, 0) is 176 Å². The number of rotatable bonds is 9. The van der Waals surface area contributed by atoms with E-state index < -0.39 is 0 Å². The molecule has 1 spiro atoms. The van der Waals surface area contributed by atoms with Crippen LogP contribution in [-0.2, 0) is 10.8 Å². The van der Waals surface area contributed by atoms with Crippen molar-refractivity contribution in [2.24, 2.45) is 0 Å². The van der Waals surface area contributed by atoms with Gasteiger partial charge in [0.1, 0.15) is 0 Å². The Bertz CT molecular complexity index is 7740. The summed E-state index contributed by atoms with van der Waals surface area (Å²) in [6, 6.07) is 153. The van der Waals surface area contributed by atoms with E-state index in [0.717, 1.165) is 0 Å². The quantitative estimate of drug-likeness (QED) is 0.144. The van der Waals surface area contributed by atoms with Crippen LogP contribution in [0.25, 0.3) is 148 Å². The predicted octanol–water partition coefficient (Wildman–Crippen LogP) is 29.8. The maximum Gasteiger partial charge on any atom is 0.0726 e. The highest BCUT2D eigenvalue weighted by Crippen LogP contribution is 2.64. The van der Waals surface area contributed by atoms with Crippen LogP contribution in [0.4, 0.5) is 34.1 Å². The van der Waals surface area contributed by atoms with E-state index in [1.807, 2.05) is 0 Å². The molecule has 0 radical (unpaired) electrons. The molecule has 3 aromatic heterocycles. The van der Waals surface area contributed by atoms with Crippen LogP contribution in [0.15, 0.2) is 419 Å². The largest absolute Gasteiger partial charge is 0.344 e. The summed E-state index contributed by atoms with van der Waals surface area (Å²) in [7, 11) is 6.55. The number of benzene rings is 19. The Hall–Kier alpha value is -15.2. The summed E-state index contributed by atoms with van der Waals surface area (Å²) in [5.41, 5.74) is 34.0. The SMILES string of the molecule is CN(c1ccc2c(c1)C(C)(C)c1ccccc1-2)c1ccc(-n2c3ccccc3c3ccccc32)c2ccccc12.CN(c1ccc2c(c1)C1(c3ccccc3-c3ccccc31)c1ccccc1-2)c1ccc(-n2c3ccccc3c3ccccc32)c2ccccc12.CN(c1ccccc1)c1ccc(-n2c3ccccc3c3ccccc32)c2ccccc12. The first-order valence-electron chi connectivity index (χ1n) is 42.1. The Kier molecular flexibility index (Phi) is 16.4. The van der Waals surface area contributed by atoms with Crippen molar-refractivity contribution in [1.82, 2.24) is 13.7 Å². The van der Waals surface area contributed by atoms with Crippen molar-refractivity contribution in [3.8, 4) is 50.4 Å². The van der Waals surface area contributed by atoms with Crippen molar-refractivity contribution in [2.45, 2.75) is 24.7 Å². The monoisotopic (exact) mass is 1550 g/mol. The van der Waals surface area contributed by atoms with Crippen LogP contribution in [0.2, 0.25) is 0 Å². The smallest absolute Gasteiger partial charge is 0.0726 e. The molecule has 121 heavy (non-hydrogen) atoms. The van der Waals surface area contributed by atoms with Gasteiger partial charge in [-0.25, -0.2) is 0 Å². The van der Waals surface area contributed by atoms with Crippen LogP contribution < -0.4 is 14.7 Å². The zero-order valence-corrected chi connectivity index (χ0v) is 68.0. The van der Waals surface area contributed by atoms with E-state index in [1.165, 1.54) is 216 Å². The Balaban J connectivity index is 0.000000109. The van der Waals surface area contributed by atoms with Crippen molar-refractivity contribution in [3.63, 3.8) is 0 Å². The Morgan fingerprint density at radius 3 is 0.760 bits per heavy atom. The van der Waals surface area contributed by atoms with Gasteiger partial charge in [-0.15, -0.1) is 0 Å². The summed E-state index contributed by atoms with van der Waals surface area (Å²) in [6.07, 6.45) is 0. The third-order valence-corrected chi connectivity index (χ3v) is 26.6. The Morgan fingerprint density at radius 1 is 0.182 bits per heavy atom. The van der Waals surface area contributed by atoms with Crippen molar-refractivity contribution in [1.29, 1.82) is 0 Å². The van der Waals surface area contributed by atoms with Crippen LogP contribution >= 0.6 is 0 Å². The molecule has 0 aliphatic heterocycles. The van der Waals surface area contributed by atoms with Gasteiger partial charge in [-0.3, -0.25) is 0 Å². The first-order chi connectivity index (χ1) is 59.6. The van der Waals surface area contributed by atoms with E-state index in [4.69, 9.17) is 0 Å². The highest BCUT2D eigenvalue weighted by molar-refractivity contribution is 6.15. The summed E-state index contributed by atoms with van der Waals surface area (Å²) in [4.78, 5) is 6.98. The summed E-state index contributed by atoms with van der Waals surface area (Å²) in [6.45, 7) is 4.69. The lowest BCUT2D eigenvalue weighted by molar-refractivity contribution is 0.660. The van der Waals surface area contributed by atoms with Gasteiger partial charge in [0.25, 0.3) is 0 Å². The van der Waals surface area contributed by atoms with E-state index in [1.54, 1.807) is 0 Å². The summed E-state index contributed by atoms with van der Waals surface area (Å²) < 4.78 is 7.26. The summed E-state index contributed by atoms with van der Waals surface area (Å²) in [5.74, 6) is 0. The predicted molar refractivity (Wildman–Crippen MR) is 512 cm³/mol. The van der Waals surface area contributed by atoms with E-state index in [2.05, 4.69) is 482 Å². The topological polar surface area (TPSA) is 24.5 Å². The number of aromatic nitrogens is 3. The molecule has 0 fully saturated rings. The normalized spacial score (nSPS) is 13.0. The van der Waals surface area contributed by atoms with Crippen molar-refractivity contribution in [2.75, 3.05) is 35.8 Å². The number of anilines is 6. The second kappa shape index (κ2) is 28.0. The lowest BCUT2D eigenvalue weighted by Crippen LogP contribution is -2.26. The summed E-state index contributed by atoms with van der Waals surface area (Å²) >= 11 is 0. The molecule has 0 unspecified atom stereocenters. The molecule has 0 amide bonds. The van der Waals surface area contributed by atoms with Crippen molar-refractivity contribution in [3.05, 3.63) is 452 Å². The highest BCUT2D eigenvalue weighted by atomic mass is 15.1. The average molecular weight is 1550 g/mol. The molecular formula is C115H84N6. The van der Waals surface area contributed by atoms with Crippen molar-refractivity contribution < 1.29 is 0 Å². The van der Waals surface area contributed by atoms with Crippen LogP contribution in [0, 0.1) is 0 Å². The zero-order chi connectivity index (χ0) is 80.8. The molecule has 3 aliphatic carbocycles. The van der Waals surface area contributed by atoms with Gasteiger partial charge >= 0.3 is 0 Å². The molecule has 574 valence electrons. The van der Waals surface area contributed by atoms with Gasteiger partial charge in [-0.1, -0.05) is 323 Å². The summed E-state index contributed by atoms with van der Waals surface area (Å²) in [5, 5.41) is 15.1. The van der Waals surface area contributed by atoms with Gasteiger partial charge in [0.15, 0.2) is 0 Å². The van der Waals surface area contributed by atoms with Gasteiger partial charge in [0, 0.05) is 125 Å². The van der Waals surface area contributed by atoms with E-state index >= 15 is 0 Å². The first-order valence-corrected chi connectivity index (χ1v) is 42.1. The molecule has 0 N–H and O–H groups in total. The van der Waals surface area contributed by atoms with Gasteiger partial charge in [0.05, 0.1) is 55.6 Å². The second-order valence-corrected chi connectivity index (χ2v) is 33.1. The van der Waals surface area contributed by atoms with Gasteiger partial charge in [0.2, 0.25) is 0 Å². The fraction of sp³-hybridized carbons (Fsp3) is 0.0609. The number of nitrogens with zero attached hydrogens (tertiary/aromatic N) is 6. The molecule has 6 nitrogen and oxygen atoms in total. The van der Waals surface area contributed by atoms with Crippen LogP contribution in [0.3, 0.4) is 0 Å². The van der Waals surface area contributed by atoms with Gasteiger partial charge in [-0.2, -0.15) is 0 Å². The van der Waals surface area contributed by atoms with Gasteiger partial charge < -0.3 is 28.4 Å². The molecule has 25 rings (SSSR count).